The monoisotopic (exact) mass is 419 g/mol. The Morgan fingerprint density at radius 1 is 1.24 bits per heavy atom. The van der Waals surface area contributed by atoms with Crippen molar-refractivity contribution in [1.82, 2.24) is 5.32 Å². The summed E-state index contributed by atoms with van der Waals surface area (Å²) >= 11 is 5.71. The van der Waals surface area contributed by atoms with Gasteiger partial charge in [0.25, 0.3) is 11.6 Å². The summed E-state index contributed by atoms with van der Waals surface area (Å²) in [7, 11) is 0. The molecule has 9 heteroatoms. The molecule has 0 aliphatic carbocycles. The number of esters is 1. The van der Waals surface area contributed by atoms with Crippen LogP contribution in [-0.2, 0) is 9.53 Å². The largest absolute Gasteiger partial charge is 0.452 e. The molecule has 2 rings (SSSR count). The topological polar surface area (TPSA) is 102 Å². The van der Waals surface area contributed by atoms with Crippen LogP contribution >= 0.6 is 11.6 Å². The second-order valence-corrected chi connectivity index (χ2v) is 6.68. The molecule has 0 saturated heterocycles. The third-order valence-electron chi connectivity index (χ3n) is 4.17. The summed E-state index contributed by atoms with van der Waals surface area (Å²) in [6.45, 7) is 5.32. The number of anilines is 1. The molecule has 1 amide bonds. The molecule has 1 N–H and O–H groups in total. The summed E-state index contributed by atoms with van der Waals surface area (Å²) < 4.78 is 4.92. The lowest BCUT2D eigenvalue weighted by atomic mass is 10.2. The van der Waals surface area contributed by atoms with E-state index in [9.17, 15) is 19.7 Å². The van der Waals surface area contributed by atoms with Gasteiger partial charge in [0.2, 0.25) is 0 Å². The van der Waals surface area contributed by atoms with Crippen molar-refractivity contribution in [2.45, 2.75) is 13.8 Å². The molecule has 2 aromatic rings. The fourth-order valence-corrected chi connectivity index (χ4v) is 2.86. The third kappa shape index (κ3) is 6.46. The molecule has 0 atom stereocenters. The molecule has 0 radical (unpaired) electrons. The Labute approximate surface area is 173 Å². The zero-order chi connectivity index (χ0) is 21.4. The lowest BCUT2D eigenvalue weighted by Crippen LogP contribution is -2.36. The number of amides is 1. The molecule has 8 nitrogen and oxygen atoms in total. The van der Waals surface area contributed by atoms with Gasteiger partial charge in [0.05, 0.1) is 10.5 Å². The van der Waals surface area contributed by atoms with Gasteiger partial charge >= 0.3 is 5.97 Å². The van der Waals surface area contributed by atoms with E-state index in [1.807, 2.05) is 32.0 Å². The molecule has 29 heavy (non-hydrogen) atoms. The maximum Gasteiger partial charge on any atom is 0.338 e. The van der Waals surface area contributed by atoms with Crippen molar-refractivity contribution >= 4 is 34.9 Å². The zero-order valence-electron chi connectivity index (χ0n) is 16.2. The van der Waals surface area contributed by atoms with Gasteiger partial charge in [0, 0.05) is 31.4 Å². The fourth-order valence-electron chi connectivity index (χ4n) is 2.67. The minimum absolute atomic E-state index is 0.0505. The SMILES string of the molecule is CCN(CCNC(=O)COC(=O)c1ccc(Cl)c([N+](=O)[O-])c1)c1cccc(C)c1. The standard InChI is InChI=1S/C20H22ClN3O5/c1-3-23(16-6-4-5-14(2)11-16)10-9-22-19(25)13-29-20(26)15-7-8-17(21)18(12-15)24(27)28/h4-8,11-12H,3,9-10,13H2,1-2H3,(H,22,25). The Hall–Kier alpha value is -3.13. The van der Waals surface area contributed by atoms with Crippen LogP contribution in [-0.4, -0.2) is 43.0 Å². The van der Waals surface area contributed by atoms with E-state index < -0.39 is 29.1 Å². The first-order valence-electron chi connectivity index (χ1n) is 9.01. The molecule has 0 heterocycles. The molecule has 0 fully saturated rings. The number of nitrogens with zero attached hydrogens (tertiary/aromatic N) is 2. The Kier molecular flexibility index (Phi) is 7.97. The molecular formula is C20H22ClN3O5. The van der Waals surface area contributed by atoms with Crippen molar-refractivity contribution in [2.24, 2.45) is 0 Å². The second kappa shape index (κ2) is 10.4. The number of benzene rings is 2. The smallest absolute Gasteiger partial charge is 0.338 e. The summed E-state index contributed by atoms with van der Waals surface area (Å²) in [6, 6.07) is 11.6. The number of halogens is 1. The molecule has 0 bridgehead atoms. The highest BCUT2D eigenvalue weighted by atomic mass is 35.5. The zero-order valence-corrected chi connectivity index (χ0v) is 16.9. The number of carbonyl (C=O) groups excluding carboxylic acids is 2. The van der Waals surface area contributed by atoms with Crippen molar-refractivity contribution in [2.75, 3.05) is 31.1 Å². The Bertz CT molecular complexity index is 903. The molecule has 0 unspecified atom stereocenters. The van der Waals surface area contributed by atoms with Crippen LogP contribution in [0, 0.1) is 17.0 Å². The minimum Gasteiger partial charge on any atom is -0.452 e. The van der Waals surface area contributed by atoms with E-state index in [2.05, 4.69) is 16.3 Å². The average Bonchev–Trinajstić information content (AvgIpc) is 2.69. The highest BCUT2D eigenvalue weighted by molar-refractivity contribution is 6.32. The first-order valence-corrected chi connectivity index (χ1v) is 9.39. The molecular weight excluding hydrogens is 398 g/mol. The van der Waals surface area contributed by atoms with E-state index >= 15 is 0 Å². The maximum atomic E-state index is 12.0. The summed E-state index contributed by atoms with van der Waals surface area (Å²) in [6.07, 6.45) is 0. The molecule has 0 saturated carbocycles. The lowest BCUT2D eigenvalue weighted by molar-refractivity contribution is -0.384. The number of nitro groups is 1. The first kappa shape index (κ1) is 22.2. The number of nitro benzene ring substituents is 1. The van der Waals surface area contributed by atoms with Crippen LogP contribution in [0.25, 0.3) is 0 Å². The fraction of sp³-hybridized carbons (Fsp3) is 0.300. The third-order valence-corrected chi connectivity index (χ3v) is 4.48. The second-order valence-electron chi connectivity index (χ2n) is 6.27. The molecule has 0 aromatic heterocycles. The van der Waals surface area contributed by atoms with Crippen molar-refractivity contribution in [3.05, 3.63) is 68.7 Å². The van der Waals surface area contributed by atoms with Gasteiger partial charge < -0.3 is 15.0 Å². The summed E-state index contributed by atoms with van der Waals surface area (Å²) in [5.41, 5.74) is 1.77. The quantitative estimate of drug-likeness (QED) is 0.380. The van der Waals surface area contributed by atoms with Gasteiger partial charge in [-0.15, -0.1) is 0 Å². The molecule has 0 spiro atoms. The lowest BCUT2D eigenvalue weighted by Gasteiger charge is -2.23. The number of rotatable bonds is 9. The number of carbonyl (C=O) groups is 2. The Morgan fingerprint density at radius 3 is 2.66 bits per heavy atom. The van der Waals surface area contributed by atoms with E-state index in [1.54, 1.807) is 0 Å². The van der Waals surface area contributed by atoms with Gasteiger partial charge in [-0.05, 0) is 43.7 Å². The van der Waals surface area contributed by atoms with Crippen molar-refractivity contribution in [1.29, 1.82) is 0 Å². The van der Waals surface area contributed by atoms with Gasteiger partial charge in [0.1, 0.15) is 5.02 Å². The maximum absolute atomic E-state index is 12.0. The van der Waals surface area contributed by atoms with E-state index in [-0.39, 0.29) is 10.6 Å². The predicted molar refractivity (Wildman–Crippen MR) is 110 cm³/mol. The Morgan fingerprint density at radius 2 is 2.00 bits per heavy atom. The number of ether oxygens (including phenoxy) is 1. The van der Waals surface area contributed by atoms with E-state index in [0.29, 0.717) is 13.1 Å². The van der Waals surface area contributed by atoms with Crippen LogP contribution in [0.5, 0.6) is 0 Å². The normalized spacial score (nSPS) is 10.3. The van der Waals surface area contributed by atoms with Crippen LogP contribution in [0.3, 0.4) is 0 Å². The molecule has 0 aliphatic rings. The molecule has 2 aromatic carbocycles. The van der Waals surface area contributed by atoms with Crippen LogP contribution in [0.4, 0.5) is 11.4 Å². The van der Waals surface area contributed by atoms with E-state index in [0.717, 1.165) is 23.9 Å². The van der Waals surface area contributed by atoms with Gasteiger partial charge in [0.15, 0.2) is 6.61 Å². The highest BCUT2D eigenvalue weighted by Gasteiger charge is 2.18. The minimum atomic E-state index is -0.838. The Balaban J connectivity index is 1.81. The molecule has 154 valence electrons. The van der Waals surface area contributed by atoms with Crippen molar-refractivity contribution in [3.8, 4) is 0 Å². The van der Waals surface area contributed by atoms with E-state index in [1.165, 1.54) is 12.1 Å². The van der Waals surface area contributed by atoms with Gasteiger partial charge in [-0.3, -0.25) is 14.9 Å². The number of hydrogen-bond acceptors (Lipinski definition) is 6. The average molecular weight is 420 g/mol. The predicted octanol–water partition coefficient (Wildman–Crippen LogP) is 3.36. The van der Waals surface area contributed by atoms with Gasteiger partial charge in [-0.1, -0.05) is 23.7 Å². The van der Waals surface area contributed by atoms with Crippen molar-refractivity contribution < 1.29 is 19.2 Å². The number of aryl methyl sites for hydroxylation is 1. The van der Waals surface area contributed by atoms with Crippen LogP contribution in [0.2, 0.25) is 5.02 Å². The summed E-state index contributed by atoms with van der Waals surface area (Å²) in [4.78, 5) is 36.2. The summed E-state index contributed by atoms with van der Waals surface area (Å²) in [5.74, 6) is -1.29. The number of likely N-dealkylation sites (N-methyl/N-ethyl adjacent to an activating group) is 1. The number of hydrogen-bond donors (Lipinski definition) is 1. The van der Waals surface area contributed by atoms with Crippen LogP contribution < -0.4 is 10.2 Å². The molecule has 0 aliphatic heterocycles. The van der Waals surface area contributed by atoms with Crippen molar-refractivity contribution in [3.63, 3.8) is 0 Å². The number of nitrogens with one attached hydrogen (secondary N) is 1. The van der Waals surface area contributed by atoms with Gasteiger partial charge in [-0.25, -0.2) is 4.79 Å². The highest BCUT2D eigenvalue weighted by Crippen LogP contribution is 2.25. The first-order chi connectivity index (χ1) is 13.8. The summed E-state index contributed by atoms with van der Waals surface area (Å²) in [5, 5.41) is 13.5. The van der Waals surface area contributed by atoms with Gasteiger partial charge in [-0.2, -0.15) is 0 Å². The van der Waals surface area contributed by atoms with E-state index in [4.69, 9.17) is 16.3 Å². The van der Waals surface area contributed by atoms with Crippen LogP contribution in [0.15, 0.2) is 42.5 Å². The van der Waals surface area contributed by atoms with Crippen LogP contribution in [0.1, 0.15) is 22.8 Å².